The summed E-state index contributed by atoms with van der Waals surface area (Å²) in [5, 5.41) is 0. The van der Waals surface area contributed by atoms with Crippen LogP contribution in [0.15, 0.2) is 30.3 Å². The van der Waals surface area contributed by atoms with Crippen LogP contribution in [0.2, 0.25) is 0 Å². The maximum absolute atomic E-state index is 12.5. The normalized spacial score (nSPS) is 20.3. The Balaban J connectivity index is 1.84. The fourth-order valence-corrected chi connectivity index (χ4v) is 3.50. The largest absolute Gasteiger partial charge is 0.444 e. The number of likely N-dealkylation sites (tertiary alicyclic amines) is 1. The number of carbonyl (C=O) groups is 1. The molecule has 1 aliphatic heterocycles. The summed E-state index contributed by atoms with van der Waals surface area (Å²) in [5.74, 6) is 0. The van der Waals surface area contributed by atoms with E-state index in [0.29, 0.717) is 6.54 Å². The molecule has 7 heteroatoms. The summed E-state index contributed by atoms with van der Waals surface area (Å²) >= 11 is 0. The highest BCUT2D eigenvalue weighted by Gasteiger charge is 2.33. The summed E-state index contributed by atoms with van der Waals surface area (Å²) in [5.41, 5.74) is 0.397. The van der Waals surface area contributed by atoms with Gasteiger partial charge in [0.25, 0.3) is 0 Å². The first-order valence-corrected chi connectivity index (χ1v) is 10.6. The van der Waals surface area contributed by atoms with E-state index in [9.17, 15) is 9.36 Å². The number of carbonyl (C=O) groups excluding carboxylic acids is 1. The molecule has 0 N–H and O–H groups in total. The topological polar surface area (TPSA) is 65.1 Å². The highest BCUT2D eigenvalue weighted by atomic mass is 31.2. The van der Waals surface area contributed by atoms with Gasteiger partial charge in [0.05, 0.1) is 19.3 Å². The molecule has 0 spiro atoms. The van der Waals surface area contributed by atoms with E-state index in [0.717, 1.165) is 18.4 Å². The van der Waals surface area contributed by atoms with Gasteiger partial charge in [0.1, 0.15) is 5.60 Å². The van der Waals surface area contributed by atoms with Gasteiger partial charge in [-0.25, -0.2) is 4.79 Å². The number of hydrogen-bond donors (Lipinski definition) is 0. The van der Waals surface area contributed by atoms with Crippen molar-refractivity contribution < 1.29 is 23.1 Å². The molecule has 25 heavy (non-hydrogen) atoms. The highest BCUT2D eigenvalue weighted by Crippen LogP contribution is 2.45. The highest BCUT2D eigenvalue weighted by molar-refractivity contribution is 7.52. The number of ether oxygens (including phenoxy) is 1. The Labute approximate surface area is 150 Å². The van der Waals surface area contributed by atoms with Gasteiger partial charge in [0, 0.05) is 13.2 Å². The minimum atomic E-state index is -3.19. The van der Waals surface area contributed by atoms with E-state index < -0.39 is 13.2 Å². The van der Waals surface area contributed by atoms with Crippen LogP contribution < -0.4 is 0 Å². The molecule has 140 valence electrons. The first-order valence-electron chi connectivity index (χ1n) is 8.56. The van der Waals surface area contributed by atoms with Crippen molar-refractivity contribution in [2.75, 3.05) is 19.8 Å². The van der Waals surface area contributed by atoms with Gasteiger partial charge in [-0.3, -0.25) is 4.57 Å². The molecule has 0 saturated carbocycles. The van der Waals surface area contributed by atoms with Crippen molar-refractivity contribution in [3.8, 4) is 0 Å². The van der Waals surface area contributed by atoms with Crippen molar-refractivity contribution in [3.05, 3.63) is 35.9 Å². The number of rotatable bonds is 6. The van der Waals surface area contributed by atoms with Gasteiger partial charge < -0.3 is 18.7 Å². The number of hydrogen-bond acceptors (Lipinski definition) is 5. The fourth-order valence-electron chi connectivity index (χ4n) is 2.59. The second-order valence-electron chi connectivity index (χ2n) is 7.30. The van der Waals surface area contributed by atoms with Gasteiger partial charge in [-0.15, -0.1) is 0 Å². The molecular formula is C18H28NO5P. The lowest BCUT2D eigenvalue weighted by molar-refractivity contribution is 0.0179. The molecule has 1 aromatic rings. The minimum Gasteiger partial charge on any atom is -0.444 e. The first kappa shape index (κ1) is 20.0. The lowest BCUT2D eigenvalue weighted by Gasteiger charge is -2.29. The molecule has 0 radical (unpaired) electrons. The molecule has 1 heterocycles. The standard InChI is InChI=1S/C18H28NO5P/c1-18(2,3)24-17(20)19-12-8-11-16(19)14-23-25(4,21)22-13-15-9-6-5-7-10-15/h5-7,9-10,16H,8,11-14H2,1-4H3/t16-,25?/m0/s1. The van der Waals surface area contributed by atoms with Crippen molar-refractivity contribution in [1.29, 1.82) is 0 Å². The quantitative estimate of drug-likeness (QED) is 0.694. The van der Waals surface area contributed by atoms with Crippen LogP contribution in [-0.2, 0) is 25.0 Å². The van der Waals surface area contributed by atoms with Crippen molar-refractivity contribution >= 4 is 13.7 Å². The van der Waals surface area contributed by atoms with Crippen LogP contribution in [0.25, 0.3) is 0 Å². The first-order chi connectivity index (χ1) is 11.7. The predicted molar refractivity (Wildman–Crippen MR) is 96.7 cm³/mol. The fraction of sp³-hybridized carbons (Fsp3) is 0.611. The van der Waals surface area contributed by atoms with Crippen LogP contribution in [0.4, 0.5) is 4.79 Å². The average Bonchev–Trinajstić information content (AvgIpc) is 2.99. The molecule has 6 nitrogen and oxygen atoms in total. The number of nitrogens with zero attached hydrogens (tertiary/aromatic N) is 1. The lowest BCUT2D eigenvalue weighted by atomic mass is 10.2. The maximum atomic E-state index is 12.5. The number of benzene rings is 1. The Bertz CT molecular complexity index is 614. The molecule has 1 fully saturated rings. The lowest BCUT2D eigenvalue weighted by Crippen LogP contribution is -2.41. The maximum Gasteiger partial charge on any atom is 0.410 e. The van der Waals surface area contributed by atoms with E-state index >= 15 is 0 Å². The van der Waals surface area contributed by atoms with E-state index in [1.807, 2.05) is 51.1 Å². The van der Waals surface area contributed by atoms with Crippen molar-refractivity contribution in [2.45, 2.75) is 51.9 Å². The monoisotopic (exact) mass is 369 g/mol. The zero-order valence-corrected chi connectivity index (χ0v) is 16.3. The van der Waals surface area contributed by atoms with E-state index in [-0.39, 0.29) is 25.3 Å². The summed E-state index contributed by atoms with van der Waals surface area (Å²) in [6.45, 7) is 8.01. The van der Waals surface area contributed by atoms with Gasteiger partial charge in [-0.1, -0.05) is 30.3 Å². The summed E-state index contributed by atoms with van der Waals surface area (Å²) in [6.07, 6.45) is 1.33. The van der Waals surface area contributed by atoms with Crippen LogP contribution in [-0.4, -0.2) is 42.5 Å². The predicted octanol–water partition coefficient (Wildman–Crippen LogP) is 4.44. The van der Waals surface area contributed by atoms with E-state index in [2.05, 4.69) is 0 Å². The van der Waals surface area contributed by atoms with E-state index in [1.54, 1.807) is 4.90 Å². The van der Waals surface area contributed by atoms with Gasteiger partial charge in [-0.2, -0.15) is 0 Å². The second-order valence-corrected chi connectivity index (χ2v) is 9.35. The second kappa shape index (κ2) is 8.35. The summed E-state index contributed by atoms with van der Waals surface area (Å²) in [7, 11) is -3.19. The Morgan fingerprint density at radius 1 is 1.24 bits per heavy atom. The average molecular weight is 369 g/mol. The Morgan fingerprint density at radius 3 is 2.56 bits per heavy atom. The summed E-state index contributed by atoms with van der Waals surface area (Å²) in [4.78, 5) is 13.9. The van der Waals surface area contributed by atoms with Gasteiger partial charge in [0.15, 0.2) is 0 Å². The van der Waals surface area contributed by atoms with Gasteiger partial charge in [0.2, 0.25) is 0 Å². The Morgan fingerprint density at radius 2 is 1.92 bits per heavy atom. The minimum absolute atomic E-state index is 0.136. The molecule has 1 aliphatic rings. The third-order valence-electron chi connectivity index (χ3n) is 3.82. The van der Waals surface area contributed by atoms with Crippen LogP contribution in [0.1, 0.15) is 39.2 Å². The molecular weight excluding hydrogens is 341 g/mol. The van der Waals surface area contributed by atoms with Crippen LogP contribution in [0.3, 0.4) is 0 Å². The van der Waals surface area contributed by atoms with Crippen LogP contribution >= 0.6 is 7.60 Å². The number of amides is 1. The molecule has 1 aromatic carbocycles. The zero-order chi connectivity index (χ0) is 18.5. The third kappa shape index (κ3) is 6.81. The molecule has 0 bridgehead atoms. The van der Waals surface area contributed by atoms with Crippen molar-refractivity contribution in [1.82, 2.24) is 4.90 Å². The van der Waals surface area contributed by atoms with E-state index in [4.69, 9.17) is 13.8 Å². The van der Waals surface area contributed by atoms with Gasteiger partial charge in [-0.05, 0) is 39.2 Å². The molecule has 0 aliphatic carbocycles. The Kier molecular flexibility index (Phi) is 6.66. The summed E-state index contributed by atoms with van der Waals surface area (Å²) in [6, 6.07) is 9.39. The zero-order valence-electron chi connectivity index (χ0n) is 15.4. The van der Waals surface area contributed by atoms with Crippen molar-refractivity contribution in [2.24, 2.45) is 0 Å². The molecule has 1 unspecified atom stereocenters. The SMILES string of the molecule is CC(C)(C)OC(=O)N1CCC[C@H]1COP(C)(=O)OCc1ccccc1. The molecule has 2 rings (SSSR count). The summed E-state index contributed by atoms with van der Waals surface area (Å²) < 4.78 is 28.9. The van der Waals surface area contributed by atoms with Gasteiger partial charge >= 0.3 is 13.7 Å². The Hall–Kier alpha value is -1.36. The molecule has 2 atom stereocenters. The third-order valence-corrected chi connectivity index (χ3v) is 5.03. The van der Waals surface area contributed by atoms with E-state index in [1.165, 1.54) is 6.66 Å². The molecule has 1 amide bonds. The molecule has 0 aromatic heterocycles. The van der Waals surface area contributed by atoms with Crippen LogP contribution in [0, 0.1) is 0 Å². The molecule has 1 saturated heterocycles. The smallest absolute Gasteiger partial charge is 0.410 e. The van der Waals surface area contributed by atoms with Crippen molar-refractivity contribution in [3.63, 3.8) is 0 Å². The van der Waals surface area contributed by atoms with Crippen LogP contribution in [0.5, 0.6) is 0 Å².